The van der Waals surface area contributed by atoms with E-state index < -0.39 is 35.4 Å². The van der Waals surface area contributed by atoms with Crippen molar-refractivity contribution in [2.24, 2.45) is 0 Å². The van der Waals surface area contributed by atoms with Gasteiger partial charge in [0, 0.05) is 6.20 Å². The first-order valence-electron chi connectivity index (χ1n) is 5.98. The van der Waals surface area contributed by atoms with Crippen LogP contribution in [0.1, 0.15) is 16.1 Å². The van der Waals surface area contributed by atoms with E-state index in [1.54, 1.807) is 5.32 Å². The van der Waals surface area contributed by atoms with Crippen molar-refractivity contribution in [2.75, 3.05) is 6.54 Å². The second kappa shape index (κ2) is 5.92. The third-order valence-electron chi connectivity index (χ3n) is 2.65. The van der Waals surface area contributed by atoms with Crippen LogP contribution >= 0.6 is 0 Å². The van der Waals surface area contributed by atoms with E-state index in [1.807, 2.05) is 0 Å². The van der Waals surface area contributed by atoms with Gasteiger partial charge in [0.25, 0.3) is 11.5 Å². The maximum atomic E-state index is 12.1. The second-order valence-electron chi connectivity index (χ2n) is 4.28. The number of aromatic amines is 1. The van der Waals surface area contributed by atoms with Gasteiger partial charge in [-0.25, -0.2) is 4.79 Å². The van der Waals surface area contributed by atoms with Crippen molar-refractivity contribution in [1.82, 2.24) is 14.9 Å². The summed E-state index contributed by atoms with van der Waals surface area (Å²) in [5.41, 5.74) is -2.43. The summed E-state index contributed by atoms with van der Waals surface area (Å²) in [5.74, 6) is -0.952. The van der Waals surface area contributed by atoms with Crippen LogP contribution in [0, 0.1) is 0 Å². The molecule has 2 rings (SSSR count). The quantitative estimate of drug-likeness (QED) is 0.856. The summed E-state index contributed by atoms with van der Waals surface area (Å²) in [6.45, 7) is -1.83. The van der Waals surface area contributed by atoms with Gasteiger partial charge in [0.05, 0.1) is 12.8 Å². The summed E-state index contributed by atoms with van der Waals surface area (Å²) in [4.78, 5) is 37.4. The Bertz CT molecular complexity index is 774. The number of rotatable bonds is 4. The summed E-state index contributed by atoms with van der Waals surface area (Å²) < 4.78 is 41.8. The minimum atomic E-state index is -4.61. The average molecular weight is 317 g/mol. The number of nitrogens with zero attached hydrogens (tertiary/aromatic N) is 1. The van der Waals surface area contributed by atoms with E-state index in [0.717, 1.165) is 6.20 Å². The average Bonchev–Trinajstić information content (AvgIpc) is 2.93. The van der Waals surface area contributed by atoms with Gasteiger partial charge in [-0.1, -0.05) is 0 Å². The Labute approximate surface area is 120 Å². The minimum absolute atomic E-state index is 0.248. The molecular weight excluding hydrogens is 307 g/mol. The zero-order valence-electron chi connectivity index (χ0n) is 10.9. The number of amides is 1. The lowest BCUT2D eigenvalue weighted by atomic mass is 10.3. The van der Waals surface area contributed by atoms with E-state index >= 15 is 0 Å². The molecule has 2 aromatic rings. The highest BCUT2D eigenvalue weighted by atomic mass is 19.4. The predicted molar refractivity (Wildman–Crippen MR) is 67.5 cm³/mol. The lowest BCUT2D eigenvalue weighted by Gasteiger charge is -2.09. The van der Waals surface area contributed by atoms with Crippen molar-refractivity contribution in [3.63, 3.8) is 0 Å². The zero-order chi connectivity index (χ0) is 16.3. The van der Waals surface area contributed by atoms with E-state index in [-0.39, 0.29) is 12.3 Å². The number of carbonyl (C=O) groups is 1. The lowest BCUT2D eigenvalue weighted by Crippen LogP contribution is -2.42. The van der Waals surface area contributed by atoms with Gasteiger partial charge < -0.3 is 14.7 Å². The van der Waals surface area contributed by atoms with E-state index in [4.69, 9.17) is 4.42 Å². The first kappa shape index (κ1) is 15.6. The summed E-state index contributed by atoms with van der Waals surface area (Å²) in [7, 11) is 0. The van der Waals surface area contributed by atoms with Crippen molar-refractivity contribution < 1.29 is 22.4 Å². The second-order valence-corrected chi connectivity index (χ2v) is 4.28. The fourth-order valence-corrected chi connectivity index (χ4v) is 1.65. The standard InChI is InChI=1S/C12H10F3N3O4/c13-12(14,15)6-17-9(19)8-4-16-11(21)18(10(8)20)5-7-2-1-3-22-7/h1-4H,5-6H2,(H,16,21)(H,17,19). The number of H-pyrrole nitrogens is 1. The number of furan rings is 1. The molecule has 2 heterocycles. The Balaban J connectivity index is 2.29. The van der Waals surface area contributed by atoms with Gasteiger partial charge >= 0.3 is 11.9 Å². The van der Waals surface area contributed by atoms with E-state index in [9.17, 15) is 27.6 Å². The van der Waals surface area contributed by atoms with Gasteiger partial charge in [0.2, 0.25) is 0 Å². The molecule has 118 valence electrons. The smallest absolute Gasteiger partial charge is 0.405 e. The molecule has 2 aromatic heterocycles. The Morgan fingerprint density at radius 1 is 1.36 bits per heavy atom. The fraction of sp³-hybridized carbons (Fsp3) is 0.250. The number of hydrogen-bond acceptors (Lipinski definition) is 4. The number of nitrogens with one attached hydrogen (secondary N) is 2. The van der Waals surface area contributed by atoms with Crippen LogP contribution < -0.4 is 16.6 Å². The number of carbonyl (C=O) groups excluding carboxylic acids is 1. The molecule has 0 aliphatic carbocycles. The van der Waals surface area contributed by atoms with E-state index in [1.165, 1.54) is 18.4 Å². The molecule has 0 saturated heterocycles. The summed E-state index contributed by atoms with van der Waals surface area (Å²) >= 11 is 0. The number of aromatic nitrogens is 2. The normalized spacial score (nSPS) is 11.4. The van der Waals surface area contributed by atoms with Crippen molar-refractivity contribution in [3.8, 4) is 0 Å². The summed E-state index contributed by atoms with van der Waals surface area (Å²) in [5, 5.41) is 1.56. The molecule has 0 spiro atoms. The van der Waals surface area contributed by atoms with Gasteiger partial charge in [-0.2, -0.15) is 13.2 Å². The number of halogens is 3. The fourth-order valence-electron chi connectivity index (χ4n) is 1.65. The minimum Gasteiger partial charge on any atom is -0.467 e. The molecule has 0 bridgehead atoms. The zero-order valence-corrected chi connectivity index (χ0v) is 10.9. The van der Waals surface area contributed by atoms with Crippen LogP contribution in [-0.4, -0.2) is 28.2 Å². The van der Waals surface area contributed by atoms with Gasteiger partial charge in [0.1, 0.15) is 17.9 Å². The molecule has 0 radical (unpaired) electrons. The van der Waals surface area contributed by atoms with Gasteiger partial charge in [-0.15, -0.1) is 0 Å². The van der Waals surface area contributed by atoms with Crippen molar-refractivity contribution in [1.29, 1.82) is 0 Å². The molecule has 0 atom stereocenters. The van der Waals surface area contributed by atoms with Gasteiger partial charge in [0.15, 0.2) is 0 Å². The molecule has 1 amide bonds. The molecule has 0 unspecified atom stereocenters. The molecular formula is C12H10F3N3O4. The topological polar surface area (TPSA) is 97.1 Å². The molecule has 10 heteroatoms. The van der Waals surface area contributed by atoms with Crippen LogP contribution in [0.15, 0.2) is 38.6 Å². The lowest BCUT2D eigenvalue weighted by molar-refractivity contribution is -0.123. The summed E-state index contributed by atoms with van der Waals surface area (Å²) in [6, 6.07) is 3.04. The van der Waals surface area contributed by atoms with Crippen LogP contribution in [0.3, 0.4) is 0 Å². The monoisotopic (exact) mass is 317 g/mol. The third kappa shape index (κ3) is 3.65. The van der Waals surface area contributed by atoms with E-state index in [0.29, 0.717) is 4.57 Å². The Kier molecular flexibility index (Phi) is 4.20. The predicted octanol–water partition coefficient (Wildman–Crippen LogP) is 0.470. The third-order valence-corrected chi connectivity index (χ3v) is 2.65. The van der Waals surface area contributed by atoms with Crippen LogP contribution in [0.4, 0.5) is 13.2 Å². The molecule has 0 fully saturated rings. The van der Waals surface area contributed by atoms with Crippen LogP contribution in [0.2, 0.25) is 0 Å². The summed E-state index contributed by atoms with van der Waals surface area (Å²) in [6.07, 6.45) is -2.51. The first-order chi connectivity index (χ1) is 10.3. The molecule has 22 heavy (non-hydrogen) atoms. The molecule has 0 aromatic carbocycles. The molecule has 0 aliphatic rings. The van der Waals surface area contributed by atoms with Crippen molar-refractivity contribution in [2.45, 2.75) is 12.7 Å². The van der Waals surface area contributed by atoms with Crippen molar-refractivity contribution >= 4 is 5.91 Å². The maximum absolute atomic E-state index is 12.1. The van der Waals surface area contributed by atoms with Gasteiger partial charge in [-0.05, 0) is 12.1 Å². The molecule has 2 N–H and O–H groups in total. The SMILES string of the molecule is O=C(NCC(F)(F)F)c1c[nH]c(=O)n(Cc2ccco2)c1=O. The molecule has 7 nitrogen and oxygen atoms in total. The van der Waals surface area contributed by atoms with Crippen LogP contribution in [-0.2, 0) is 6.54 Å². The largest absolute Gasteiger partial charge is 0.467 e. The number of alkyl halides is 3. The van der Waals surface area contributed by atoms with Crippen LogP contribution in [0.25, 0.3) is 0 Å². The number of hydrogen-bond donors (Lipinski definition) is 2. The Morgan fingerprint density at radius 2 is 2.09 bits per heavy atom. The Morgan fingerprint density at radius 3 is 2.68 bits per heavy atom. The highest BCUT2D eigenvalue weighted by molar-refractivity contribution is 5.93. The molecule has 0 aliphatic heterocycles. The highest BCUT2D eigenvalue weighted by Gasteiger charge is 2.28. The first-order valence-corrected chi connectivity index (χ1v) is 5.98. The molecule has 0 saturated carbocycles. The van der Waals surface area contributed by atoms with Crippen LogP contribution in [0.5, 0.6) is 0 Å². The van der Waals surface area contributed by atoms with Gasteiger partial charge in [-0.3, -0.25) is 14.2 Å². The highest BCUT2D eigenvalue weighted by Crippen LogP contribution is 2.12. The maximum Gasteiger partial charge on any atom is 0.405 e. The van der Waals surface area contributed by atoms with E-state index in [2.05, 4.69) is 4.98 Å². The Hall–Kier alpha value is -2.78. The van der Waals surface area contributed by atoms with Crippen molar-refractivity contribution in [3.05, 3.63) is 56.8 Å².